The zero-order valence-electron chi connectivity index (χ0n) is 14.1. The highest BCUT2D eigenvalue weighted by Gasteiger charge is 2.10. The van der Waals surface area contributed by atoms with Gasteiger partial charge in [0, 0.05) is 29.7 Å². The van der Waals surface area contributed by atoms with Gasteiger partial charge in [0.05, 0.1) is 5.69 Å². The van der Waals surface area contributed by atoms with Gasteiger partial charge in [-0.05, 0) is 49.7 Å². The third-order valence-corrected chi connectivity index (χ3v) is 3.86. The predicted molar refractivity (Wildman–Crippen MR) is 95.3 cm³/mol. The van der Waals surface area contributed by atoms with Crippen molar-refractivity contribution in [2.75, 3.05) is 0 Å². The van der Waals surface area contributed by atoms with E-state index in [9.17, 15) is 0 Å². The first-order valence-corrected chi connectivity index (χ1v) is 8.05. The fourth-order valence-corrected chi connectivity index (χ4v) is 2.54. The Hall–Kier alpha value is -3.21. The van der Waals surface area contributed by atoms with E-state index in [1.807, 2.05) is 62.5 Å². The Bertz CT molecular complexity index is 1020. The molecule has 25 heavy (non-hydrogen) atoms. The number of aromatic nitrogens is 3. The lowest BCUT2D eigenvalue weighted by molar-refractivity contribution is 0.301. The standard InChI is InChI=1S/C20H17N3O2/c1-13-3-4-16(22-11-13)12-24-17-5-6-19-18(10-17)23-20(25-19)15-7-8-21-14(2)9-15/h3-11H,12H2,1-2H3. The minimum atomic E-state index is 0.417. The molecule has 0 fully saturated rings. The molecule has 0 aliphatic carbocycles. The van der Waals surface area contributed by atoms with Crippen LogP contribution >= 0.6 is 0 Å². The van der Waals surface area contributed by atoms with Gasteiger partial charge in [-0.25, -0.2) is 4.98 Å². The van der Waals surface area contributed by atoms with Crippen molar-refractivity contribution >= 4 is 11.1 Å². The molecule has 3 aromatic heterocycles. The van der Waals surface area contributed by atoms with Gasteiger partial charge in [0.15, 0.2) is 5.58 Å². The molecular weight excluding hydrogens is 314 g/mol. The Kier molecular flexibility index (Phi) is 3.90. The molecule has 0 unspecified atom stereocenters. The molecule has 0 aliphatic rings. The molecule has 3 heterocycles. The summed E-state index contributed by atoms with van der Waals surface area (Å²) in [6.45, 7) is 4.37. The number of pyridine rings is 2. The van der Waals surface area contributed by atoms with E-state index in [4.69, 9.17) is 9.15 Å². The van der Waals surface area contributed by atoms with Crippen molar-refractivity contribution in [1.29, 1.82) is 0 Å². The fourth-order valence-electron chi connectivity index (χ4n) is 2.54. The van der Waals surface area contributed by atoms with Crippen LogP contribution in [-0.2, 0) is 6.61 Å². The number of ether oxygens (including phenoxy) is 1. The van der Waals surface area contributed by atoms with Gasteiger partial charge in [0.1, 0.15) is 17.9 Å². The van der Waals surface area contributed by atoms with Crippen LogP contribution in [0.2, 0.25) is 0 Å². The summed E-state index contributed by atoms with van der Waals surface area (Å²) < 4.78 is 11.7. The van der Waals surface area contributed by atoms with Gasteiger partial charge in [0.25, 0.3) is 0 Å². The van der Waals surface area contributed by atoms with Crippen molar-refractivity contribution in [3.63, 3.8) is 0 Å². The number of oxazole rings is 1. The van der Waals surface area contributed by atoms with Crippen LogP contribution in [0.3, 0.4) is 0 Å². The van der Waals surface area contributed by atoms with Crippen LogP contribution in [0.1, 0.15) is 17.0 Å². The minimum absolute atomic E-state index is 0.417. The Morgan fingerprint density at radius 3 is 2.72 bits per heavy atom. The Morgan fingerprint density at radius 1 is 1.00 bits per heavy atom. The molecule has 4 rings (SSSR count). The van der Waals surface area contributed by atoms with E-state index in [2.05, 4.69) is 15.0 Å². The predicted octanol–water partition coefficient (Wildman–Crippen LogP) is 4.48. The largest absolute Gasteiger partial charge is 0.487 e. The summed E-state index contributed by atoms with van der Waals surface area (Å²) >= 11 is 0. The quantitative estimate of drug-likeness (QED) is 0.552. The number of aryl methyl sites for hydroxylation is 2. The summed E-state index contributed by atoms with van der Waals surface area (Å²) in [5.41, 5.74) is 5.35. The Labute approximate surface area is 145 Å². The number of nitrogens with zero attached hydrogens (tertiary/aromatic N) is 3. The van der Waals surface area contributed by atoms with Crippen LogP contribution in [0, 0.1) is 13.8 Å². The van der Waals surface area contributed by atoms with E-state index in [1.54, 1.807) is 6.20 Å². The molecule has 0 saturated heterocycles. The van der Waals surface area contributed by atoms with Gasteiger partial charge in [-0.2, -0.15) is 0 Å². The molecule has 0 N–H and O–H groups in total. The van der Waals surface area contributed by atoms with Gasteiger partial charge >= 0.3 is 0 Å². The molecule has 5 nitrogen and oxygen atoms in total. The summed E-state index contributed by atoms with van der Waals surface area (Å²) in [5.74, 6) is 1.32. The first-order valence-electron chi connectivity index (χ1n) is 8.05. The lowest BCUT2D eigenvalue weighted by Crippen LogP contribution is -1.97. The lowest BCUT2D eigenvalue weighted by Gasteiger charge is -2.05. The van der Waals surface area contributed by atoms with Crippen LogP contribution in [-0.4, -0.2) is 15.0 Å². The first-order chi connectivity index (χ1) is 12.2. The van der Waals surface area contributed by atoms with E-state index < -0.39 is 0 Å². The van der Waals surface area contributed by atoms with E-state index in [1.165, 1.54) is 0 Å². The fraction of sp³-hybridized carbons (Fsp3) is 0.150. The average Bonchev–Trinajstić information content (AvgIpc) is 3.05. The van der Waals surface area contributed by atoms with Crippen molar-refractivity contribution < 1.29 is 9.15 Å². The molecule has 0 spiro atoms. The molecule has 0 aliphatic heterocycles. The summed E-state index contributed by atoms with van der Waals surface area (Å²) in [6, 6.07) is 13.5. The molecule has 0 bridgehead atoms. The maximum absolute atomic E-state index is 5.83. The maximum atomic E-state index is 5.83. The van der Waals surface area contributed by atoms with Gasteiger partial charge in [-0.15, -0.1) is 0 Å². The lowest BCUT2D eigenvalue weighted by atomic mass is 10.2. The zero-order valence-corrected chi connectivity index (χ0v) is 14.1. The van der Waals surface area contributed by atoms with Crippen molar-refractivity contribution in [2.24, 2.45) is 0 Å². The van der Waals surface area contributed by atoms with Gasteiger partial charge in [-0.3, -0.25) is 9.97 Å². The van der Waals surface area contributed by atoms with E-state index in [0.717, 1.165) is 39.4 Å². The molecule has 0 amide bonds. The number of benzene rings is 1. The Balaban J connectivity index is 1.56. The molecular formula is C20H17N3O2. The number of fused-ring (bicyclic) bond motifs is 1. The molecule has 1 aromatic carbocycles. The van der Waals surface area contributed by atoms with Crippen LogP contribution in [0.4, 0.5) is 0 Å². The highest BCUT2D eigenvalue weighted by Crippen LogP contribution is 2.27. The number of rotatable bonds is 4. The SMILES string of the molecule is Cc1ccc(COc2ccc3oc(-c4ccnc(C)c4)nc3c2)nc1. The zero-order chi connectivity index (χ0) is 17.2. The van der Waals surface area contributed by atoms with Crippen LogP contribution in [0.25, 0.3) is 22.6 Å². The van der Waals surface area contributed by atoms with Crippen molar-refractivity contribution in [2.45, 2.75) is 20.5 Å². The molecule has 4 aromatic rings. The minimum Gasteiger partial charge on any atom is -0.487 e. The normalized spacial score (nSPS) is 11.0. The van der Waals surface area contributed by atoms with Gasteiger partial charge in [0.2, 0.25) is 5.89 Å². The third kappa shape index (κ3) is 3.35. The molecule has 5 heteroatoms. The van der Waals surface area contributed by atoms with E-state index in [-0.39, 0.29) is 0 Å². The van der Waals surface area contributed by atoms with E-state index >= 15 is 0 Å². The first kappa shape index (κ1) is 15.3. The summed E-state index contributed by atoms with van der Waals surface area (Å²) in [6.07, 6.45) is 3.59. The average molecular weight is 331 g/mol. The number of hydrogen-bond acceptors (Lipinski definition) is 5. The summed E-state index contributed by atoms with van der Waals surface area (Å²) in [4.78, 5) is 13.1. The smallest absolute Gasteiger partial charge is 0.227 e. The third-order valence-electron chi connectivity index (χ3n) is 3.86. The van der Waals surface area contributed by atoms with Crippen LogP contribution < -0.4 is 4.74 Å². The highest BCUT2D eigenvalue weighted by atomic mass is 16.5. The number of hydrogen-bond donors (Lipinski definition) is 0. The van der Waals surface area contributed by atoms with Crippen molar-refractivity contribution in [3.05, 3.63) is 71.8 Å². The highest BCUT2D eigenvalue weighted by molar-refractivity contribution is 5.77. The monoisotopic (exact) mass is 331 g/mol. The molecule has 124 valence electrons. The van der Waals surface area contributed by atoms with Crippen LogP contribution in [0.15, 0.2) is 59.3 Å². The summed E-state index contributed by atoms with van der Waals surface area (Å²) in [5, 5.41) is 0. The molecule has 0 radical (unpaired) electrons. The summed E-state index contributed by atoms with van der Waals surface area (Å²) in [7, 11) is 0. The second-order valence-electron chi connectivity index (χ2n) is 5.95. The van der Waals surface area contributed by atoms with Gasteiger partial charge in [-0.1, -0.05) is 6.07 Å². The Morgan fingerprint density at radius 2 is 1.92 bits per heavy atom. The molecule has 0 atom stereocenters. The molecule has 0 saturated carbocycles. The topological polar surface area (TPSA) is 61.0 Å². The van der Waals surface area contributed by atoms with Gasteiger partial charge < -0.3 is 9.15 Å². The van der Waals surface area contributed by atoms with Crippen molar-refractivity contribution in [3.8, 4) is 17.2 Å². The second-order valence-corrected chi connectivity index (χ2v) is 5.95. The van der Waals surface area contributed by atoms with Crippen LogP contribution in [0.5, 0.6) is 5.75 Å². The van der Waals surface area contributed by atoms with E-state index in [0.29, 0.717) is 12.5 Å². The van der Waals surface area contributed by atoms with Crippen molar-refractivity contribution in [1.82, 2.24) is 15.0 Å². The maximum Gasteiger partial charge on any atom is 0.227 e. The second kappa shape index (κ2) is 6.36.